The minimum absolute atomic E-state index is 0.137. The van der Waals surface area contributed by atoms with Gasteiger partial charge in [-0.3, -0.25) is 10.1 Å². The molecule has 0 heterocycles. The van der Waals surface area contributed by atoms with E-state index in [1.54, 1.807) is 18.2 Å². The summed E-state index contributed by atoms with van der Waals surface area (Å²) in [5.41, 5.74) is 0.137. The number of rotatable bonds is 1. The summed E-state index contributed by atoms with van der Waals surface area (Å²) in [6.07, 6.45) is 0. The lowest BCUT2D eigenvalue weighted by Crippen LogP contribution is -1.84. The summed E-state index contributed by atoms with van der Waals surface area (Å²) in [5.74, 6) is 0. The second-order valence-electron chi connectivity index (χ2n) is 1.84. The van der Waals surface area contributed by atoms with Crippen molar-refractivity contribution in [3.8, 4) is 0 Å². The topological polar surface area (TPSA) is 43.1 Å². The van der Waals surface area contributed by atoms with E-state index in [0.29, 0.717) is 0 Å². The zero-order valence-electron chi connectivity index (χ0n) is 6.36. The first-order valence-electron chi connectivity index (χ1n) is 3.15. The molecule has 0 atom stereocenters. The summed E-state index contributed by atoms with van der Waals surface area (Å²) in [4.78, 5) is 9.59. The molecule has 0 saturated carbocycles. The third-order valence-corrected chi connectivity index (χ3v) is 0.967. The largest absolute Gasteiger partial charge is 0.269 e. The van der Waals surface area contributed by atoms with Gasteiger partial charge in [-0.25, -0.2) is 0 Å². The third kappa shape index (κ3) is 7.84. The number of nitrogens with zero attached hydrogens (tertiary/aromatic N) is 1. The predicted molar refractivity (Wildman–Crippen MR) is 54.4 cm³/mol. The van der Waals surface area contributed by atoms with E-state index in [0.717, 1.165) is 0 Å². The fourth-order valence-electron chi connectivity index (χ4n) is 0.550. The number of nitro benzene ring substituents is 1. The first-order valence-corrected chi connectivity index (χ1v) is 4.46. The molecule has 0 aliphatic carbocycles. The molecule has 0 amide bonds. The molecular weight excluding hydrogens is 236 g/mol. The van der Waals surface area contributed by atoms with E-state index in [-0.39, 0.29) is 5.69 Å². The minimum Gasteiger partial charge on any atom is -0.258 e. The molecule has 0 N–H and O–H groups in total. The Morgan fingerprint density at radius 3 is 1.77 bits per heavy atom. The molecule has 0 spiro atoms. The van der Waals surface area contributed by atoms with Gasteiger partial charge in [0.15, 0.2) is 4.30 Å². The smallest absolute Gasteiger partial charge is 0.258 e. The van der Waals surface area contributed by atoms with E-state index < -0.39 is 9.22 Å². The van der Waals surface area contributed by atoms with Crippen molar-refractivity contribution in [1.29, 1.82) is 0 Å². The Balaban J connectivity index is 0.000000310. The van der Waals surface area contributed by atoms with Gasteiger partial charge in [0.1, 0.15) is 0 Å². The normalized spacial score (nSPS) is 8.92. The van der Waals surface area contributed by atoms with Crippen molar-refractivity contribution in [3.63, 3.8) is 0 Å². The molecule has 6 heteroatoms. The molecule has 13 heavy (non-hydrogen) atoms. The number of alkyl halides is 3. The van der Waals surface area contributed by atoms with Crippen molar-refractivity contribution in [2.75, 3.05) is 0 Å². The maximum absolute atomic E-state index is 10.0. The second kappa shape index (κ2) is 6.95. The minimum atomic E-state index is -0.750. The molecule has 0 unspecified atom stereocenters. The Hall–Kier alpha value is -0.510. The number of para-hydroxylation sites is 1. The van der Waals surface area contributed by atoms with Crippen molar-refractivity contribution in [3.05, 3.63) is 40.4 Å². The van der Waals surface area contributed by atoms with Crippen molar-refractivity contribution in [2.24, 2.45) is 0 Å². The Morgan fingerprint density at radius 2 is 1.54 bits per heavy atom. The van der Waals surface area contributed by atoms with Gasteiger partial charge in [-0.2, -0.15) is 0 Å². The maximum atomic E-state index is 10.0. The third-order valence-electron chi connectivity index (χ3n) is 0.967. The zero-order valence-corrected chi connectivity index (χ0v) is 8.63. The van der Waals surface area contributed by atoms with Crippen LogP contribution in [-0.2, 0) is 0 Å². The highest BCUT2D eigenvalue weighted by Crippen LogP contribution is 2.06. The fraction of sp³-hybridized carbons (Fsp3) is 0.143. The van der Waals surface area contributed by atoms with Gasteiger partial charge in [-0.15, -0.1) is 0 Å². The molecule has 0 aliphatic heterocycles. The van der Waals surface area contributed by atoms with Crippen molar-refractivity contribution in [1.82, 2.24) is 0 Å². The van der Waals surface area contributed by atoms with Crippen molar-refractivity contribution < 1.29 is 4.92 Å². The predicted octanol–water partition coefficient (Wildman–Crippen LogP) is 3.58. The van der Waals surface area contributed by atoms with Crippen LogP contribution < -0.4 is 0 Å². The monoisotopic (exact) mass is 241 g/mol. The molecule has 3 nitrogen and oxygen atoms in total. The van der Waals surface area contributed by atoms with Gasteiger partial charge < -0.3 is 0 Å². The lowest BCUT2D eigenvalue weighted by atomic mass is 10.3. The highest BCUT2D eigenvalue weighted by molar-refractivity contribution is 6.63. The lowest BCUT2D eigenvalue weighted by molar-refractivity contribution is -0.384. The van der Waals surface area contributed by atoms with Crippen LogP contribution in [0.25, 0.3) is 0 Å². The molecule has 72 valence electrons. The van der Waals surface area contributed by atoms with Crippen molar-refractivity contribution >= 4 is 40.5 Å². The highest BCUT2D eigenvalue weighted by Gasteiger charge is 1.98. The van der Waals surface area contributed by atoms with Gasteiger partial charge in [0.25, 0.3) is 5.69 Å². The Bertz CT molecular complexity index is 250. The first kappa shape index (κ1) is 12.5. The van der Waals surface area contributed by atoms with Gasteiger partial charge in [-0.1, -0.05) is 53.0 Å². The standard InChI is InChI=1S/C6H5NO2.CHCl3/c8-7(9)6-4-2-1-3-5-6;2-1(3)4/h1-5H;1H. The van der Waals surface area contributed by atoms with Gasteiger partial charge in [0.05, 0.1) is 4.92 Å². The van der Waals surface area contributed by atoms with E-state index >= 15 is 0 Å². The summed E-state index contributed by atoms with van der Waals surface area (Å²) >= 11 is 14.4. The molecule has 0 saturated heterocycles. The summed E-state index contributed by atoms with van der Waals surface area (Å²) < 4.78 is -0.750. The average Bonchev–Trinajstić information content (AvgIpc) is 2.05. The summed E-state index contributed by atoms with van der Waals surface area (Å²) in [6.45, 7) is 0. The quantitative estimate of drug-likeness (QED) is 0.429. The molecule has 1 aromatic carbocycles. The number of benzene rings is 1. The average molecular weight is 242 g/mol. The van der Waals surface area contributed by atoms with Crippen LogP contribution in [0, 0.1) is 10.1 Å². The number of non-ortho nitro benzene ring substituents is 1. The number of halogens is 3. The second-order valence-corrected chi connectivity index (χ2v) is 3.82. The van der Waals surface area contributed by atoms with Crippen LogP contribution in [0.15, 0.2) is 30.3 Å². The Morgan fingerprint density at radius 1 is 1.15 bits per heavy atom. The van der Waals surface area contributed by atoms with Crippen LogP contribution in [0.2, 0.25) is 0 Å². The molecule has 0 fully saturated rings. The first-order chi connectivity index (χ1) is 6.04. The number of nitro groups is 1. The molecule has 1 rings (SSSR count). The van der Waals surface area contributed by atoms with Gasteiger partial charge in [0.2, 0.25) is 0 Å². The lowest BCUT2D eigenvalue weighted by Gasteiger charge is -1.85. The molecule has 0 aromatic heterocycles. The van der Waals surface area contributed by atoms with Crippen molar-refractivity contribution in [2.45, 2.75) is 4.30 Å². The van der Waals surface area contributed by atoms with Gasteiger partial charge in [0, 0.05) is 12.1 Å². The molecule has 0 aliphatic rings. The van der Waals surface area contributed by atoms with Crippen LogP contribution in [0.5, 0.6) is 0 Å². The van der Waals surface area contributed by atoms with Crippen LogP contribution in [0.1, 0.15) is 0 Å². The summed E-state index contributed by atoms with van der Waals surface area (Å²) in [7, 11) is 0. The van der Waals surface area contributed by atoms with Crippen LogP contribution in [-0.4, -0.2) is 9.22 Å². The molecular formula is C7H6Cl3NO2. The number of hydrogen-bond acceptors (Lipinski definition) is 2. The molecule has 1 aromatic rings. The van der Waals surface area contributed by atoms with E-state index in [1.807, 2.05) is 0 Å². The zero-order chi connectivity index (χ0) is 10.3. The van der Waals surface area contributed by atoms with E-state index in [9.17, 15) is 10.1 Å². The van der Waals surface area contributed by atoms with Crippen LogP contribution >= 0.6 is 34.8 Å². The van der Waals surface area contributed by atoms with Gasteiger partial charge >= 0.3 is 0 Å². The molecule has 0 radical (unpaired) electrons. The summed E-state index contributed by atoms with van der Waals surface area (Å²) in [6, 6.07) is 7.93. The van der Waals surface area contributed by atoms with E-state index in [4.69, 9.17) is 34.8 Å². The highest BCUT2D eigenvalue weighted by atomic mass is 35.6. The fourth-order valence-corrected chi connectivity index (χ4v) is 0.550. The number of hydrogen-bond donors (Lipinski definition) is 0. The van der Waals surface area contributed by atoms with E-state index in [1.165, 1.54) is 12.1 Å². The van der Waals surface area contributed by atoms with Crippen LogP contribution in [0.3, 0.4) is 0 Å². The molecule has 0 bridgehead atoms. The Labute approximate surface area is 90.4 Å². The maximum Gasteiger partial charge on any atom is 0.269 e. The SMILES string of the molecule is ClC(Cl)Cl.O=[N+]([O-])c1ccccc1. The Kier molecular flexibility index (Phi) is 6.68. The van der Waals surface area contributed by atoms with Gasteiger partial charge in [-0.05, 0) is 0 Å². The van der Waals surface area contributed by atoms with E-state index in [2.05, 4.69) is 0 Å². The van der Waals surface area contributed by atoms with Crippen LogP contribution in [0.4, 0.5) is 5.69 Å². The summed E-state index contributed by atoms with van der Waals surface area (Å²) in [5, 5.41) is 10.0.